The highest BCUT2D eigenvalue weighted by atomic mass is 16.5. The number of nitrogen functional groups attached to an aromatic ring is 1. The molecule has 0 bridgehead atoms. The largest absolute Gasteiger partial charge is 0.479 e. The van der Waals surface area contributed by atoms with Gasteiger partial charge in [-0.15, -0.1) is 0 Å². The fraction of sp³-hybridized carbons (Fsp3) is 0.375. The van der Waals surface area contributed by atoms with Crippen molar-refractivity contribution in [2.45, 2.75) is 33.2 Å². The van der Waals surface area contributed by atoms with Crippen LogP contribution in [0.3, 0.4) is 0 Å². The van der Waals surface area contributed by atoms with Gasteiger partial charge in [-0.25, -0.2) is 4.98 Å². The van der Waals surface area contributed by atoms with Crippen LogP contribution in [0.15, 0.2) is 24.3 Å². The summed E-state index contributed by atoms with van der Waals surface area (Å²) in [5, 5.41) is 3.26. The lowest BCUT2D eigenvalue weighted by atomic mass is 10.1. The molecule has 21 heavy (non-hydrogen) atoms. The topological polar surface area (TPSA) is 73.1 Å². The van der Waals surface area contributed by atoms with Crippen molar-refractivity contribution in [1.29, 1.82) is 0 Å². The molecule has 5 heteroatoms. The Bertz CT molecular complexity index is 608. The van der Waals surface area contributed by atoms with Gasteiger partial charge in [0, 0.05) is 12.5 Å². The molecule has 2 rings (SSSR count). The van der Waals surface area contributed by atoms with Gasteiger partial charge in [0.05, 0.1) is 7.11 Å². The lowest BCUT2D eigenvalue weighted by Gasteiger charge is -2.14. The van der Waals surface area contributed by atoms with Crippen molar-refractivity contribution < 1.29 is 4.74 Å². The van der Waals surface area contributed by atoms with Crippen molar-refractivity contribution in [2.75, 3.05) is 18.2 Å². The van der Waals surface area contributed by atoms with E-state index in [0.29, 0.717) is 29.8 Å². The van der Waals surface area contributed by atoms with E-state index in [1.807, 2.05) is 13.8 Å². The minimum Gasteiger partial charge on any atom is -0.479 e. The number of benzene rings is 1. The molecule has 1 heterocycles. The minimum atomic E-state index is 0.208. The normalized spacial score (nSPS) is 10.7. The monoisotopic (exact) mass is 286 g/mol. The molecule has 0 aliphatic carbocycles. The summed E-state index contributed by atoms with van der Waals surface area (Å²) in [7, 11) is 1.56. The predicted molar refractivity (Wildman–Crippen MR) is 85.6 cm³/mol. The van der Waals surface area contributed by atoms with Crippen LogP contribution in [0, 0.1) is 6.92 Å². The Morgan fingerprint density at radius 3 is 2.43 bits per heavy atom. The van der Waals surface area contributed by atoms with Gasteiger partial charge in [-0.2, -0.15) is 4.98 Å². The van der Waals surface area contributed by atoms with E-state index in [1.165, 1.54) is 11.1 Å². The summed E-state index contributed by atoms with van der Waals surface area (Å²) in [4.78, 5) is 8.80. The molecule has 0 spiro atoms. The third-order valence-corrected chi connectivity index (χ3v) is 3.22. The maximum Gasteiger partial charge on any atom is 0.242 e. The average Bonchev–Trinajstić information content (AvgIpc) is 2.47. The standard InChI is InChI=1S/C16H22N4O/c1-10(2)14-19-15(13(17)16(20-14)21-4)18-9-12-7-5-11(3)6-8-12/h5-8,10H,9,17H2,1-4H3,(H,18,19,20). The molecule has 0 unspecified atom stereocenters. The zero-order valence-electron chi connectivity index (χ0n) is 13.0. The van der Waals surface area contributed by atoms with Crippen molar-refractivity contribution >= 4 is 11.5 Å². The molecular weight excluding hydrogens is 264 g/mol. The molecule has 1 aromatic heterocycles. The fourth-order valence-corrected chi connectivity index (χ4v) is 1.91. The van der Waals surface area contributed by atoms with Gasteiger partial charge in [-0.05, 0) is 12.5 Å². The summed E-state index contributed by atoms with van der Waals surface area (Å²) in [6.45, 7) is 6.80. The molecule has 0 aliphatic rings. The van der Waals surface area contributed by atoms with Crippen LogP contribution >= 0.6 is 0 Å². The van der Waals surface area contributed by atoms with E-state index >= 15 is 0 Å². The number of methoxy groups -OCH3 is 1. The quantitative estimate of drug-likeness (QED) is 0.883. The van der Waals surface area contributed by atoms with Crippen LogP contribution in [0.25, 0.3) is 0 Å². The lowest BCUT2D eigenvalue weighted by Crippen LogP contribution is -2.10. The first-order valence-electron chi connectivity index (χ1n) is 7.02. The van der Waals surface area contributed by atoms with E-state index in [1.54, 1.807) is 7.11 Å². The van der Waals surface area contributed by atoms with E-state index < -0.39 is 0 Å². The molecular formula is C16H22N4O. The van der Waals surface area contributed by atoms with Crippen molar-refractivity contribution in [1.82, 2.24) is 9.97 Å². The Morgan fingerprint density at radius 1 is 1.19 bits per heavy atom. The zero-order chi connectivity index (χ0) is 15.4. The number of hydrogen-bond donors (Lipinski definition) is 2. The van der Waals surface area contributed by atoms with Crippen LogP contribution in [-0.2, 0) is 6.54 Å². The third-order valence-electron chi connectivity index (χ3n) is 3.22. The van der Waals surface area contributed by atoms with Crippen molar-refractivity contribution in [2.24, 2.45) is 0 Å². The molecule has 2 aromatic rings. The number of nitrogens with two attached hydrogens (primary N) is 1. The average molecular weight is 286 g/mol. The molecule has 0 atom stereocenters. The van der Waals surface area contributed by atoms with Gasteiger partial charge < -0.3 is 15.8 Å². The first-order chi connectivity index (χ1) is 10.0. The molecule has 1 aromatic carbocycles. The van der Waals surface area contributed by atoms with E-state index in [2.05, 4.69) is 46.5 Å². The fourth-order valence-electron chi connectivity index (χ4n) is 1.91. The van der Waals surface area contributed by atoms with Gasteiger partial charge in [0.15, 0.2) is 5.82 Å². The van der Waals surface area contributed by atoms with E-state index in [0.717, 1.165) is 0 Å². The van der Waals surface area contributed by atoms with Crippen LogP contribution in [0.4, 0.5) is 11.5 Å². The van der Waals surface area contributed by atoms with Crippen molar-refractivity contribution in [3.8, 4) is 5.88 Å². The van der Waals surface area contributed by atoms with Crippen LogP contribution in [-0.4, -0.2) is 17.1 Å². The summed E-state index contributed by atoms with van der Waals surface area (Å²) >= 11 is 0. The Labute approximate surface area is 125 Å². The SMILES string of the molecule is COc1nc(C(C)C)nc(NCc2ccc(C)cc2)c1N. The molecule has 0 aliphatic heterocycles. The predicted octanol–water partition coefficient (Wildman–Crippen LogP) is 3.11. The molecule has 5 nitrogen and oxygen atoms in total. The van der Waals surface area contributed by atoms with Crippen LogP contribution in [0.5, 0.6) is 5.88 Å². The highest BCUT2D eigenvalue weighted by Gasteiger charge is 2.14. The van der Waals surface area contributed by atoms with E-state index in [-0.39, 0.29) is 5.92 Å². The van der Waals surface area contributed by atoms with Gasteiger partial charge in [-0.3, -0.25) is 0 Å². The summed E-state index contributed by atoms with van der Waals surface area (Å²) in [5.74, 6) is 1.96. The lowest BCUT2D eigenvalue weighted by molar-refractivity contribution is 0.396. The molecule has 0 saturated carbocycles. The second-order valence-corrected chi connectivity index (χ2v) is 5.35. The Balaban J connectivity index is 2.22. The van der Waals surface area contributed by atoms with Gasteiger partial charge in [0.25, 0.3) is 0 Å². The first kappa shape index (κ1) is 15.1. The summed E-state index contributed by atoms with van der Waals surface area (Å²) in [6.07, 6.45) is 0. The van der Waals surface area contributed by atoms with Gasteiger partial charge in [-0.1, -0.05) is 43.7 Å². The molecule has 0 amide bonds. The van der Waals surface area contributed by atoms with Crippen LogP contribution < -0.4 is 15.8 Å². The summed E-state index contributed by atoms with van der Waals surface area (Å²) in [5.41, 5.74) is 8.89. The maximum atomic E-state index is 6.04. The summed E-state index contributed by atoms with van der Waals surface area (Å²) < 4.78 is 5.23. The van der Waals surface area contributed by atoms with E-state index in [4.69, 9.17) is 10.5 Å². The number of rotatable bonds is 5. The van der Waals surface area contributed by atoms with E-state index in [9.17, 15) is 0 Å². The Hall–Kier alpha value is -2.30. The maximum absolute atomic E-state index is 6.04. The highest BCUT2D eigenvalue weighted by molar-refractivity contribution is 5.67. The zero-order valence-corrected chi connectivity index (χ0v) is 13.0. The van der Waals surface area contributed by atoms with Gasteiger partial charge >= 0.3 is 0 Å². The Kier molecular flexibility index (Phi) is 4.62. The second kappa shape index (κ2) is 6.43. The summed E-state index contributed by atoms with van der Waals surface area (Å²) in [6, 6.07) is 8.33. The minimum absolute atomic E-state index is 0.208. The molecule has 0 fully saturated rings. The number of hydrogen-bond acceptors (Lipinski definition) is 5. The van der Waals surface area contributed by atoms with Crippen LogP contribution in [0.2, 0.25) is 0 Å². The second-order valence-electron chi connectivity index (χ2n) is 5.35. The number of aromatic nitrogens is 2. The molecule has 0 radical (unpaired) electrons. The first-order valence-corrected chi connectivity index (χ1v) is 7.02. The Morgan fingerprint density at radius 2 is 1.86 bits per heavy atom. The van der Waals surface area contributed by atoms with Crippen molar-refractivity contribution in [3.05, 3.63) is 41.2 Å². The molecule has 112 valence electrons. The smallest absolute Gasteiger partial charge is 0.242 e. The van der Waals surface area contributed by atoms with Crippen molar-refractivity contribution in [3.63, 3.8) is 0 Å². The van der Waals surface area contributed by atoms with Crippen LogP contribution in [0.1, 0.15) is 36.7 Å². The van der Waals surface area contributed by atoms with Gasteiger partial charge in [0.2, 0.25) is 5.88 Å². The third kappa shape index (κ3) is 3.62. The number of aryl methyl sites for hydroxylation is 1. The number of nitrogens with one attached hydrogen (secondary N) is 1. The number of nitrogens with zero attached hydrogens (tertiary/aromatic N) is 2. The van der Waals surface area contributed by atoms with Gasteiger partial charge in [0.1, 0.15) is 11.5 Å². The number of ether oxygens (including phenoxy) is 1. The number of anilines is 2. The molecule has 0 saturated heterocycles. The highest BCUT2D eigenvalue weighted by Crippen LogP contribution is 2.28. The molecule has 3 N–H and O–H groups in total.